The highest BCUT2D eigenvalue weighted by Crippen LogP contribution is 2.11. The first kappa shape index (κ1) is 15.1. The van der Waals surface area contributed by atoms with Gasteiger partial charge < -0.3 is 9.05 Å². The Morgan fingerprint density at radius 1 is 0.733 bits per heavy atom. The van der Waals surface area contributed by atoms with E-state index >= 15 is 0 Å². The molecule has 0 aliphatic carbocycles. The summed E-state index contributed by atoms with van der Waals surface area (Å²) in [5, 5.41) is 3.91. The molecule has 0 saturated carbocycles. The molecule has 5 heteroatoms. The highest BCUT2D eigenvalue weighted by molar-refractivity contribution is 6.64. The molecule has 0 aromatic heterocycles. The van der Waals surface area contributed by atoms with Gasteiger partial charge in [0.05, 0.1) is 0 Å². The first-order chi connectivity index (χ1) is 6.99. The maximum Gasteiger partial charge on any atom is 0.371 e. The number of nitrogens with zero attached hydrogens (tertiary/aromatic N) is 2. The van der Waals surface area contributed by atoms with Crippen molar-refractivity contribution in [3.63, 3.8) is 0 Å². The Morgan fingerprint density at radius 2 is 1.00 bits per heavy atom. The SMILES string of the molecule is CCN(CC)O[Si](C)(C)ON(CC)CC. The van der Waals surface area contributed by atoms with Crippen molar-refractivity contribution in [3.05, 3.63) is 0 Å². The lowest BCUT2D eigenvalue weighted by molar-refractivity contribution is -0.141. The van der Waals surface area contributed by atoms with Crippen molar-refractivity contribution < 1.29 is 9.05 Å². The summed E-state index contributed by atoms with van der Waals surface area (Å²) in [6.45, 7) is 16.1. The van der Waals surface area contributed by atoms with Crippen molar-refractivity contribution in [1.82, 2.24) is 10.1 Å². The zero-order chi connectivity index (χ0) is 11.9. The number of hydrogen-bond acceptors (Lipinski definition) is 4. The van der Waals surface area contributed by atoms with Crippen molar-refractivity contribution in [2.75, 3.05) is 26.2 Å². The van der Waals surface area contributed by atoms with Crippen molar-refractivity contribution in [3.8, 4) is 0 Å². The van der Waals surface area contributed by atoms with Crippen molar-refractivity contribution in [1.29, 1.82) is 0 Å². The second kappa shape index (κ2) is 7.35. The zero-order valence-corrected chi connectivity index (χ0v) is 12.0. The van der Waals surface area contributed by atoms with Crippen LogP contribution in [0.3, 0.4) is 0 Å². The van der Waals surface area contributed by atoms with E-state index in [0.29, 0.717) is 0 Å². The Hall–Kier alpha value is 0.0569. The average molecular weight is 234 g/mol. The van der Waals surface area contributed by atoms with Crippen LogP contribution in [0.5, 0.6) is 0 Å². The molecule has 0 aliphatic rings. The fourth-order valence-corrected chi connectivity index (χ4v) is 3.14. The van der Waals surface area contributed by atoms with E-state index < -0.39 is 8.56 Å². The summed E-state index contributed by atoms with van der Waals surface area (Å²) in [6.07, 6.45) is 0. The van der Waals surface area contributed by atoms with Gasteiger partial charge in [-0.25, -0.2) is 0 Å². The molecule has 0 atom stereocenters. The van der Waals surface area contributed by atoms with E-state index in [0.717, 1.165) is 26.2 Å². The van der Waals surface area contributed by atoms with Gasteiger partial charge >= 0.3 is 8.56 Å². The molecule has 0 aromatic carbocycles. The summed E-state index contributed by atoms with van der Waals surface area (Å²) in [5.74, 6) is 0. The Labute approximate surface area is 95.3 Å². The van der Waals surface area contributed by atoms with Crippen LogP contribution in [-0.2, 0) is 9.05 Å². The van der Waals surface area contributed by atoms with Gasteiger partial charge in [0.1, 0.15) is 0 Å². The van der Waals surface area contributed by atoms with Crippen LogP contribution in [0, 0.1) is 0 Å². The van der Waals surface area contributed by atoms with Gasteiger partial charge in [0.2, 0.25) is 0 Å². The zero-order valence-electron chi connectivity index (χ0n) is 11.0. The number of rotatable bonds is 8. The molecule has 0 unspecified atom stereocenters. The van der Waals surface area contributed by atoms with Gasteiger partial charge in [-0.2, -0.15) is 10.1 Å². The molecule has 0 radical (unpaired) electrons. The van der Waals surface area contributed by atoms with Gasteiger partial charge in [0.15, 0.2) is 0 Å². The quantitative estimate of drug-likeness (QED) is 0.475. The third kappa shape index (κ3) is 6.27. The van der Waals surface area contributed by atoms with Gasteiger partial charge in [-0.1, -0.05) is 27.7 Å². The van der Waals surface area contributed by atoms with Crippen LogP contribution in [-0.4, -0.2) is 44.9 Å². The van der Waals surface area contributed by atoms with E-state index in [2.05, 4.69) is 40.8 Å². The maximum atomic E-state index is 5.88. The second-order valence-electron chi connectivity index (χ2n) is 3.81. The molecule has 0 amide bonds. The van der Waals surface area contributed by atoms with Crippen LogP contribution < -0.4 is 0 Å². The smallest absolute Gasteiger partial charge is 0.309 e. The Balaban J connectivity index is 4.14. The predicted octanol–water partition coefficient (Wildman–Crippen LogP) is 2.24. The summed E-state index contributed by atoms with van der Waals surface area (Å²) >= 11 is 0. The van der Waals surface area contributed by atoms with Crippen LogP contribution >= 0.6 is 0 Å². The fraction of sp³-hybridized carbons (Fsp3) is 1.00. The Bertz CT molecular complexity index is 144. The molecule has 0 spiro atoms. The topological polar surface area (TPSA) is 24.9 Å². The lowest BCUT2D eigenvalue weighted by Crippen LogP contribution is -2.47. The average Bonchev–Trinajstić information content (AvgIpc) is 2.22. The first-order valence-corrected chi connectivity index (χ1v) is 8.68. The molecule has 0 fully saturated rings. The molecule has 0 aromatic rings. The third-order valence-electron chi connectivity index (χ3n) is 2.11. The molecule has 0 aliphatic heterocycles. The highest BCUT2D eigenvalue weighted by Gasteiger charge is 2.30. The van der Waals surface area contributed by atoms with Gasteiger partial charge in [0.25, 0.3) is 0 Å². The monoisotopic (exact) mass is 234 g/mol. The largest absolute Gasteiger partial charge is 0.371 e. The molecule has 0 heterocycles. The second-order valence-corrected chi connectivity index (χ2v) is 6.98. The standard InChI is InChI=1S/C10H26N2O2Si/c1-7-11(8-2)13-15(5,6)14-12(9-3)10-4/h7-10H2,1-6H3. The molecule has 0 N–H and O–H groups in total. The van der Waals surface area contributed by atoms with E-state index in [1.807, 2.05) is 10.1 Å². The molecule has 0 saturated heterocycles. The molecule has 92 valence electrons. The lowest BCUT2D eigenvalue weighted by atomic mass is 10.6. The fourth-order valence-electron chi connectivity index (χ4n) is 1.34. The summed E-state index contributed by atoms with van der Waals surface area (Å²) < 4.78 is 11.8. The normalized spacial score (nSPS) is 12.8. The minimum absolute atomic E-state index is 0.897. The van der Waals surface area contributed by atoms with Crippen LogP contribution in [0.15, 0.2) is 0 Å². The Kier molecular flexibility index (Phi) is 7.38. The van der Waals surface area contributed by atoms with E-state index in [9.17, 15) is 0 Å². The summed E-state index contributed by atoms with van der Waals surface area (Å²) in [6, 6.07) is 0. The predicted molar refractivity (Wildman–Crippen MR) is 65.5 cm³/mol. The van der Waals surface area contributed by atoms with E-state index in [4.69, 9.17) is 9.05 Å². The minimum atomic E-state index is -2.06. The highest BCUT2D eigenvalue weighted by atomic mass is 28.4. The molecule has 4 nitrogen and oxygen atoms in total. The molecule has 0 bridgehead atoms. The van der Waals surface area contributed by atoms with Crippen molar-refractivity contribution in [2.45, 2.75) is 40.8 Å². The van der Waals surface area contributed by atoms with Crippen LogP contribution in [0.2, 0.25) is 13.1 Å². The van der Waals surface area contributed by atoms with Gasteiger partial charge in [-0.3, -0.25) is 0 Å². The summed E-state index contributed by atoms with van der Waals surface area (Å²) in [4.78, 5) is 0. The first-order valence-electron chi connectivity index (χ1n) is 5.87. The lowest BCUT2D eigenvalue weighted by Gasteiger charge is -2.33. The number of hydrogen-bond donors (Lipinski definition) is 0. The summed E-state index contributed by atoms with van der Waals surface area (Å²) in [5.41, 5.74) is 0. The Morgan fingerprint density at radius 3 is 1.20 bits per heavy atom. The third-order valence-corrected chi connectivity index (χ3v) is 3.50. The van der Waals surface area contributed by atoms with E-state index in [1.165, 1.54) is 0 Å². The molecular formula is C10H26N2O2Si. The number of hydroxylamine groups is 4. The van der Waals surface area contributed by atoms with Gasteiger partial charge in [0, 0.05) is 26.2 Å². The van der Waals surface area contributed by atoms with Crippen molar-refractivity contribution in [2.24, 2.45) is 0 Å². The van der Waals surface area contributed by atoms with Gasteiger partial charge in [-0.15, -0.1) is 0 Å². The minimum Gasteiger partial charge on any atom is -0.309 e. The van der Waals surface area contributed by atoms with Crippen LogP contribution in [0.1, 0.15) is 27.7 Å². The maximum absolute atomic E-state index is 5.88. The molecular weight excluding hydrogens is 208 g/mol. The van der Waals surface area contributed by atoms with Gasteiger partial charge in [-0.05, 0) is 13.1 Å². The van der Waals surface area contributed by atoms with E-state index in [-0.39, 0.29) is 0 Å². The van der Waals surface area contributed by atoms with Crippen LogP contribution in [0.25, 0.3) is 0 Å². The molecule has 15 heavy (non-hydrogen) atoms. The molecule has 0 rings (SSSR count). The van der Waals surface area contributed by atoms with Crippen molar-refractivity contribution >= 4 is 8.56 Å². The summed E-state index contributed by atoms with van der Waals surface area (Å²) in [7, 11) is -2.06. The van der Waals surface area contributed by atoms with Crippen LogP contribution in [0.4, 0.5) is 0 Å². The van der Waals surface area contributed by atoms with E-state index in [1.54, 1.807) is 0 Å².